The normalized spacial score (nSPS) is 15.8. The molecule has 1 aliphatic rings. The van der Waals surface area contributed by atoms with Crippen LogP contribution in [0.5, 0.6) is 5.88 Å². The summed E-state index contributed by atoms with van der Waals surface area (Å²) in [6.45, 7) is 5.76. The van der Waals surface area contributed by atoms with Crippen LogP contribution in [-0.2, 0) is 13.1 Å². The van der Waals surface area contributed by atoms with Gasteiger partial charge in [0.1, 0.15) is 0 Å². The fraction of sp³-hybridized carbons (Fsp3) is 0.400. The van der Waals surface area contributed by atoms with E-state index in [1.807, 2.05) is 25.4 Å². The van der Waals surface area contributed by atoms with Crippen molar-refractivity contribution in [3.8, 4) is 5.88 Å². The van der Waals surface area contributed by atoms with Gasteiger partial charge in [-0.15, -0.1) is 0 Å². The lowest BCUT2D eigenvalue weighted by Gasteiger charge is -2.36. The molecule has 0 radical (unpaired) electrons. The highest BCUT2D eigenvalue weighted by Crippen LogP contribution is 2.09. The first kappa shape index (κ1) is 18.2. The Labute approximate surface area is 155 Å². The Morgan fingerprint density at radius 1 is 1.08 bits per heavy atom. The molecule has 26 heavy (non-hydrogen) atoms. The van der Waals surface area contributed by atoms with Gasteiger partial charge in [-0.1, -0.05) is 36.4 Å². The van der Waals surface area contributed by atoms with Crippen LogP contribution in [0.4, 0.5) is 0 Å². The Morgan fingerprint density at radius 2 is 1.85 bits per heavy atom. The van der Waals surface area contributed by atoms with E-state index in [-0.39, 0.29) is 0 Å². The lowest BCUT2D eigenvalue weighted by Crippen LogP contribution is -2.52. The van der Waals surface area contributed by atoms with Crippen molar-refractivity contribution in [2.45, 2.75) is 13.1 Å². The number of hydrogen-bond acceptors (Lipinski definition) is 4. The number of hydrogen-bond donors (Lipinski definition) is 1. The minimum absolute atomic E-state index is 0.632. The number of nitrogens with one attached hydrogen (secondary N) is 1. The van der Waals surface area contributed by atoms with Crippen molar-refractivity contribution in [2.24, 2.45) is 4.99 Å². The van der Waals surface area contributed by atoms with Gasteiger partial charge in [0.05, 0.1) is 7.11 Å². The molecular formula is C20H27N5O. The minimum atomic E-state index is 0.632. The van der Waals surface area contributed by atoms with Crippen molar-refractivity contribution in [1.29, 1.82) is 0 Å². The largest absolute Gasteiger partial charge is 0.481 e. The molecule has 0 aliphatic carbocycles. The fourth-order valence-electron chi connectivity index (χ4n) is 3.11. The number of ether oxygens (including phenoxy) is 1. The number of nitrogens with zero attached hydrogens (tertiary/aromatic N) is 4. The highest BCUT2D eigenvalue weighted by atomic mass is 16.5. The third kappa shape index (κ3) is 4.95. The SMILES string of the molecule is CN=C(NCc1ccc(OC)nc1)N1CCN(Cc2ccccc2)CC1. The Balaban J connectivity index is 1.47. The van der Waals surface area contributed by atoms with Crippen LogP contribution in [0.25, 0.3) is 0 Å². The van der Waals surface area contributed by atoms with Crippen LogP contribution >= 0.6 is 0 Å². The molecule has 0 amide bonds. The second kappa shape index (κ2) is 9.20. The van der Waals surface area contributed by atoms with Crippen LogP contribution in [0, 0.1) is 0 Å². The average molecular weight is 353 g/mol. The molecule has 1 N–H and O–H groups in total. The Bertz CT molecular complexity index is 694. The van der Waals surface area contributed by atoms with Crippen molar-refractivity contribution in [3.63, 3.8) is 0 Å². The molecule has 1 aromatic heterocycles. The Morgan fingerprint density at radius 3 is 2.46 bits per heavy atom. The first-order valence-corrected chi connectivity index (χ1v) is 8.99. The lowest BCUT2D eigenvalue weighted by molar-refractivity contribution is 0.172. The van der Waals surface area contributed by atoms with E-state index in [0.717, 1.165) is 44.2 Å². The van der Waals surface area contributed by atoms with Crippen LogP contribution in [0.2, 0.25) is 0 Å². The number of piperazine rings is 1. The van der Waals surface area contributed by atoms with Crippen molar-refractivity contribution in [1.82, 2.24) is 20.1 Å². The van der Waals surface area contributed by atoms with E-state index in [2.05, 4.69) is 55.4 Å². The fourth-order valence-corrected chi connectivity index (χ4v) is 3.11. The Hall–Kier alpha value is -2.60. The number of benzene rings is 1. The van der Waals surface area contributed by atoms with Gasteiger partial charge >= 0.3 is 0 Å². The number of aromatic nitrogens is 1. The predicted octanol–water partition coefficient (Wildman–Crippen LogP) is 1.98. The summed E-state index contributed by atoms with van der Waals surface area (Å²) in [6.07, 6.45) is 1.83. The average Bonchev–Trinajstić information content (AvgIpc) is 2.71. The zero-order valence-corrected chi connectivity index (χ0v) is 15.6. The molecule has 0 atom stereocenters. The number of aliphatic imine (C=N–C) groups is 1. The highest BCUT2D eigenvalue weighted by Gasteiger charge is 2.19. The molecule has 0 spiro atoms. The standard InChI is InChI=1S/C20H27N5O/c1-21-20(23-15-18-8-9-19(26-2)22-14-18)25-12-10-24(11-13-25)16-17-6-4-3-5-7-17/h3-9,14H,10-13,15-16H2,1-2H3,(H,21,23). The van der Waals surface area contributed by atoms with Gasteiger partial charge in [-0.3, -0.25) is 9.89 Å². The molecule has 6 nitrogen and oxygen atoms in total. The molecule has 1 saturated heterocycles. The molecule has 0 unspecified atom stereocenters. The number of pyridine rings is 1. The van der Waals surface area contributed by atoms with Crippen LogP contribution in [0.1, 0.15) is 11.1 Å². The quantitative estimate of drug-likeness (QED) is 0.658. The number of methoxy groups -OCH3 is 1. The summed E-state index contributed by atoms with van der Waals surface area (Å²) < 4.78 is 5.10. The molecule has 1 aliphatic heterocycles. The highest BCUT2D eigenvalue weighted by molar-refractivity contribution is 5.80. The summed E-state index contributed by atoms with van der Waals surface area (Å²) >= 11 is 0. The molecule has 2 aromatic rings. The van der Waals surface area contributed by atoms with E-state index in [1.54, 1.807) is 7.11 Å². The molecular weight excluding hydrogens is 326 g/mol. The predicted molar refractivity (Wildman–Crippen MR) is 104 cm³/mol. The molecule has 3 rings (SSSR count). The summed E-state index contributed by atoms with van der Waals surface area (Å²) in [7, 11) is 3.46. The van der Waals surface area contributed by atoms with Gasteiger partial charge in [-0.25, -0.2) is 4.98 Å². The van der Waals surface area contributed by atoms with Gasteiger partial charge in [-0.05, 0) is 11.1 Å². The molecule has 6 heteroatoms. The third-order valence-electron chi connectivity index (χ3n) is 4.59. The monoisotopic (exact) mass is 353 g/mol. The van der Waals surface area contributed by atoms with Crippen LogP contribution < -0.4 is 10.1 Å². The van der Waals surface area contributed by atoms with Gasteiger partial charge in [0.2, 0.25) is 5.88 Å². The van der Waals surface area contributed by atoms with Gasteiger partial charge in [0.15, 0.2) is 5.96 Å². The summed E-state index contributed by atoms with van der Waals surface area (Å²) in [4.78, 5) is 13.5. The van der Waals surface area contributed by atoms with Gasteiger partial charge < -0.3 is 15.0 Å². The number of guanidine groups is 1. The summed E-state index contributed by atoms with van der Waals surface area (Å²) in [5.74, 6) is 1.58. The molecule has 0 bridgehead atoms. The minimum Gasteiger partial charge on any atom is -0.481 e. The second-order valence-corrected chi connectivity index (χ2v) is 6.36. The number of rotatable bonds is 5. The molecule has 138 valence electrons. The first-order valence-electron chi connectivity index (χ1n) is 8.99. The van der Waals surface area contributed by atoms with Gasteiger partial charge in [-0.2, -0.15) is 0 Å². The van der Waals surface area contributed by atoms with Gasteiger partial charge in [0.25, 0.3) is 0 Å². The zero-order valence-electron chi connectivity index (χ0n) is 15.6. The van der Waals surface area contributed by atoms with Crippen LogP contribution in [0.15, 0.2) is 53.7 Å². The van der Waals surface area contributed by atoms with E-state index >= 15 is 0 Å². The van der Waals surface area contributed by atoms with Crippen LogP contribution in [-0.4, -0.2) is 61.1 Å². The molecule has 0 saturated carbocycles. The zero-order chi connectivity index (χ0) is 18.2. The van der Waals surface area contributed by atoms with Crippen molar-refractivity contribution < 1.29 is 4.74 Å². The van der Waals surface area contributed by atoms with Crippen molar-refractivity contribution in [2.75, 3.05) is 40.3 Å². The van der Waals surface area contributed by atoms with E-state index in [1.165, 1.54) is 5.56 Å². The summed E-state index contributed by atoms with van der Waals surface area (Å²) in [5.41, 5.74) is 2.48. The lowest BCUT2D eigenvalue weighted by atomic mass is 10.2. The maximum Gasteiger partial charge on any atom is 0.212 e. The summed E-state index contributed by atoms with van der Waals surface area (Å²) in [5, 5.41) is 3.43. The second-order valence-electron chi connectivity index (χ2n) is 6.36. The maximum atomic E-state index is 5.10. The van der Waals surface area contributed by atoms with Crippen molar-refractivity contribution >= 4 is 5.96 Å². The maximum absolute atomic E-state index is 5.10. The topological polar surface area (TPSA) is 53.0 Å². The van der Waals surface area contributed by atoms with E-state index in [0.29, 0.717) is 12.4 Å². The first-order chi connectivity index (χ1) is 12.8. The van der Waals surface area contributed by atoms with Crippen LogP contribution in [0.3, 0.4) is 0 Å². The van der Waals surface area contributed by atoms with E-state index in [9.17, 15) is 0 Å². The molecule has 1 aromatic carbocycles. The summed E-state index contributed by atoms with van der Waals surface area (Å²) in [6, 6.07) is 14.5. The van der Waals surface area contributed by atoms with E-state index in [4.69, 9.17) is 4.74 Å². The molecule has 1 fully saturated rings. The third-order valence-corrected chi connectivity index (χ3v) is 4.59. The van der Waals surface area contributed by atoms with Crippen molar-refractivity contribution in [3.05, 3.63) is 59.8 Å². The smallest absolute Gasteiger partial charge is 0.212 e. The van der Waals surface area contributed by atoms with E-state index < -0.39 is 0 Å². The van der Waals surface area contributed by atoms with Gasteiger partial charge in [0, 0.05) is 58.6 Å². The molecule has 2 heterocycles. The Kier molecular flexibility index (Phi) is 6.44.